The van der Waals surface area contributed by atoms with E-state index in [0.29, 0.717) is 17.4 Å². The summed E-state index contributed by atoms with van der Waals surface area (Å²) < 4.78 is 34.6. The lowest BCUT2D eigenvalue weighted by atomic mass is 10.0. The van der Waals surface area contributed by atoms with Crippen LogP contribution in [-0.2, 0) is 32.7 Å². The molecule has 70 heavy (non-hydrogen) atoms. The number of unbranched alkanes of at least 4 members (excludes halogenated alkanes) is 44. The van der Waals surface area contributed by atoms with Crippen LogP contribution in [0.15, 0.2) is 0 Å². The summed E-state index contributed by atoms with van der Waals surface area (Å²) in [5.74, 6) is -0.771. The number of esters is 2. The Morgan fingerprint density at radius 3 is 0.914 bits per heavy atom. The van der Waals surface area contributed by atoms with Crippen LogP contribution in [0.5, 0.6) is 0 Å². The number of ether oxygens (including phenoxy) is 2. The van der Waals surface area contributed by atoms with Crippen LogP contribution in [0.4, 0.5) is 0 Å². The number of carbonyl (C=O) groups excluding carboxylic acids is 2. The Morgan fingerprint density at radius 2 is 0.643 bits per heavy atom. The minimum atomic E-state index is -4.38. The van der Waals surface area contributed by atoms with Gasteiger partial charge in [0.05, 0.1) is 27.7 Å². The molecule has 0 aromatic rings. The third-order valence-corrected chi connectivity index (χ3v) is 15.1. The number of rotatable bonds is 58. The van der Waals surface area contributed by atoms with E-state index in [9.17, 15) is 19.0 Å². The van der Waals surface area contributed by atoms with Crippen LogP contribution in [0.3, 0.4) is 0 Å². The summed E-state index contributed by atoms with van der Waals surface area (Å²) in [6.07, 6.45) is 60.4. The average Bonchev–Trinajstić information content (AvgIpc) is 3.32. The zero-order valence-corrected chi connectivity index (χ0v) is 48.4. The van der Waals surface area contributed by atoms with Gasteiger partial charge < -0.3 is 18.9 Å². The van der Waals surface area contributed by atoms with Crippen LogP contribution in [0.1, 0.15) is 322 Å². The molecule has 9 nitrogen and oxygen atoms in total. The van der Waals surface area contributed by atoms with Crippen molar-refractivity contribution >= 4 is 19.8 Å². The molecule has 0 spiro atoms. The molecule has 0 rings (SSSR count). The van der Waals surface area contributed by atoms with Gasteiger partial charge in [-0.25, -0.2) is 4.57 Å². The van der Waals surface area contributed by atoms with Crippen molar-refractivity contribution < 1.29 is 42.1 Å². The first-order chi connectivity index (χ1) is 34.0. The average molecular weight is 1020 g/mol. The van der Waals surface area contributed by atoms with E-state index in [1.54, 1.807) is 0 Å². The third-order valence-electron chi connectivity index (χ3n) is 14.1. The Kier molecular flexibility index (Phi) is 52.1. The first-order valence-electron chi connectivity index (χ1n) is 30.8. The number of hydrogen-bond acceptors (Lipinski definition) is 7. The molecule has 0 bridgehead atoms. The molecule has 0 radical (unpaired) electrons. The van der Waals surface area contributed by atoms with Crippen molar-refractivity contribution in [2.45, 2.75) is 328 Å². The SMILES string of the molecule is CCCCCCCCCCCCCCCCCCCCCCCCCC(=O)OC[C@H](COP(=O)(O)OCC[N+](C)(C)C)OC(=O)CCCCCCCCCCCCCCCCCCCCCCCCC. The van der Waals surface area contributed by atoms with Gasteiger partial charge in [-0.15, -0.1) is 0 Å². The third kappa shape index (κ3) is 56.3. The molecule has 0 aliphatic carbocycles. The van der Waals surface area contributed by atoms with Crippen LogP contribution in [0.2, 0.25) is 0 Å². The Hall–Kier alpha value is -0.990. The molecule has 0 amide bonds. The summed E-state index contributed by atoms with van der Waals surface area (Å²) in [5, 5.41) is 0. The topological polar surface area (TPSA) is 108 Å². The van der Waals surface area contributed by atoms with Crippen LogP contribution in [0, 0.1) is 0 Å². The Balaban J connectivity index is 4.07. The summed E-state index contributed by atoms with van der Waals surface area (Å²) in [6.45, 7) is 4.52. The minimum absolute atomic E-state index is 0.0375. The summed E-state index contributed by atoms with van der Waals surface area (Å²) in [5.41, 5.74) is 0. The van der Waals surface area contributed by atoms with E-state index in [4.69, 9.17) is 18.5 Å². The van der Waals surface area contributed by atoms with Gasteiger partial charge in [0, 0.05) is 12.8 Å². The van der Waals surface area contributed by atoms with E-state index in [2.05, 4.69) is 13.8 Å². The summed E-state index contributed by atoms with van der Waals surface area (Å²) in [4.78, 5) is 35.7. The maximum absolute atomic E-state index is 12.8. The highest BCUT2D eigenvalue weighted by molar-refractivity contribution is 7.47. The highest BCUT2D eigenvalue weighted by Gasteiger charge is 2.27. The van der Waals surface area contributed by atoms with Crippen molar-refractivity contribution in [2.75, 3.05) is 47.5 Å². The molecule has 1 unspecified atom stereocenters. The fourth-order valence-corrected chi connectivity index (χ4v) is 10.1. The predicted octanol–water partition coefficient (Wildman–Crippen LogP) is 19.0. The Morgan fingerprint density at radius 1 is 0.386 bits per heavy atom. The van der Waals surface area contributed by atoms with E-state index in [0.717, 1.165) is 38.5 Å². The molecule has 0 heterocycles. The van der Waals surface area contributed by atoms with Crippen LogP contribution < -0.4 is 0 Å². The molecule has 2 atom stereocenters. The van der Waals surface area contributed by atoms with E-state index in [-0.39, 0.29) is 25.6 Å². The monoisotopic (exact) mass is 1010 g/mol. The molecule has 0 aliphatic heterocycles. The zero-order valence-electron chi connectivity index (χ0n) is 47.5. The van der Waals surface area contributed by atoms with Crippen LogP contribution in [0.25, 0.3) is 0 Å². The lowest BCUT2D eigenvalue weighted by Crippen LogP contribution is -2.37. The molecule has 0 aromatic heterocycles. The standard InChI is InChI=1S/C60H120NO8P/c1-6-8-10-12-14-16-18-20-22-24-26-28-30-32-34-36-38-40-42-44-46-48-50-52-59(62)66-56-58(57-68-70(64,65)67-55-54-61(3,4)5)69-60(63)53-51-49-47-45-43-41-39-37-35-33-31-29-27-25-23-21-19-17-15-13-11-9-7-2/h58H,6-57H2,1-5H3/p+1/t58-/m1/s1. The lowest BCUT2D eigenvalue weighted by Gasteiger charge is -2.24. The van der Waals surface area contributed by atoms with E-state index in [1.165, 1.54) is 257 Å². The number of phosphoric ester groups is 1. The van der Waals surface area contributed by atoms with Crippen molar-refractivity contribution in [2.24, 2.45) is 0 Å². The van der Waals surface area contributed by atoms with Crippen LogP contribution >= 0.6 is 7.82 Å². The summed E-state index contributed by atoms with van der Waals surface area (Å²) in [7, 11) is 1.50. The molecule has 10 heteroatoms. The van der Waals surface area contributed by atoms with E-state index >= 15 is 0 Å². The molecule has 0 saturated heterocycles. The van der Waals surface area contributed by atoms with Crippen molar-refractivity contribution in [3.63, 3.8) is 0 Å². The number of quaternary nitrogens is 1. The molecule has 0 fully saturated rings. The maximum atomic E-state index is 12.8. The van der Waals surface area contributed by atoms with E-state index < -0.39 is 26.5 Å². The maximum Gasteiger partial charge on any atom is 0.472 e. The second-order valence-corrected chi connectivity index (χ2v) is 23.9. The summed E-state index contributed by atoms with van der Waals surface area (Å²) >= 11 is 0. The Bertz CT molecular complexity index is 1150. The van der Waals surface area contributed by atoms with Gasteiger partial charge in [0.1, 0.15) is 19.8 Å². The van der Waals surface area contributed by atoms with Crippen molar-refractivity contribution in [3.8, 4) is 0 Å². The zero-order chi connectivity index (χ0) is 51.3. The van der Waals surface area contributed by atoms with Gasteiger partial charge in [0.15, 0.2) is 6.10 Å². The second kappa shape index (κ2) is 52.9. The van der Waals surface area contributed by atoms with Gasteiger partial charge >= 0.3 is 19.8 Å². The highest BCUT2D eigenvalue weighted by Crippen LogP contribution is 2.43. The first kappa shape index (κ1) is 69.0. The van der Waals surface area contributed by atoms with Gasteiger partial charge in [-0.1, -0.05) is 296 Å². The fraction of sp³-hybridized carbons (Fsp3) is 0.967. The number of nitrogens with zero attached hydrogens (tertiary/aromatic N) is 1. The summed E-state index contributed by atoms with van der Waals surface area (Å²) in [6, 6.07) is 0. The molecule has 418 valence electrons. The molecular formula is C60H121NO8P+. The number of likely N-dealkylation sites (N-methyl/N-ethyl adjacent to an activating group) is 1. The largest absolute Gasteiger partial charge is 0.472 e. The predicted molar refractivity (Wildman–Crippen MR) is 298 cm³/mol. The number of hydrogen-bond donors (Lipinski definition) is 1. The molecule has 1 N–H and O–H groups in total. The van der Waals surface area contributed by atoms with Crippen molar-refractivity contribution in [1.82, 2.24) is 0 Å². The quantitative estimate of drug-likeness (QED) is 0.0278. The van der Waals surface area contributed by atoms with Crippen molar-refractivity contribution in [1.29, 1.82) is 0 Å². The van der Waals surface area contributed by atoms with Gasteiger partial charge in [-0.3, -0.25) is 18.6 Å². The van der Waals surface area contributed by atoms with Crippen LogP contribution in [-0.4, -0.2) is 74.9 Å². The van der Waals surface area contributed by atoms with Gasteiger partial charge in [0.2, 0.25) is 0 Å². The van der Waals surface area contributed by atoms with Crippen molar-refractivity contribution in [3.05, 3.63) is 0 Å². The van der Waals surface area contributed by atoms with Gasteiger partial charge in [0.25, 0.3) is 0 Å². The molecule has 0 aliphatic rings. The number of carbonyl (C=O) groups is 2. The van der Waals surface area contributed by atoms with E-state index in [1.807, 2.05) is 21.1 Å². The molecule has 0 aromatic carbocycles. The first-order valence-corrected chi connectivity index (χ1v) is 32.3. The highest BCUT2D eigenvalue weighted by atomic mass is 31.2. The second-order valence-electron chi connectivity index (χ2n) is 22.5. The smallest absolute Gasteiger partial charge is 0.462 e. The molecule has 0 saturated carbocycles. The minimum Gasteiger partial charge on any atom is -0.462 e. The van der Waals surface area contributed by atoms with Gasteiger partial charge in [-0.05, 0) is 12.8 Å². The lowest BCUT2D eigenvalue weighted by molar-refractivity contribution is -0.870. The number of phosphoric acid groups is 1. The normalized spacial score (nSPS) is 13.2. The molecular weight excluding hydrogens is 894 g/mol. The fourth-order valence-electron chi connectivity index (χ4n) is 9.37. The Labute approximate surface area is 435 Å². The van der Waals surface area contributed by atoms with Gasteiger partial charge in [-0.2, -0.15) is 0 Å².